The van der Waals surface area contributed by atoms with E-state index < -0.39 is 7.14 Å². The van der Waals surface area contributed by atoms with Crippen LogP contribution in [0.2, 0.25) is 0 Å². The van der Waals surface area contributed by atoms with E-state index in [1.165, 1.54) is 70.6 Å². The lowest BCUT2D eigenvalue weighted by Gasteiger charge is -2.18. The zero-order valence-electron chi connectivity index (χ0n) is 13.8. The van der Waals surface area contributed by atoms with Gasteiger partial charge in [0, 0.05) is 18.5 Å². The molecule has 0 amide bonds. The second-order valence-corrected chi connectivity index (χ2v) is 9.52. The molecule has 0 rings (SSSR count). The second kappa shape index (κ2) is 13.2. The molecule has 0 aromatic heterocycles. The molecular formula is C17H37OP. The van der Waals surface area contributed by atoms with Gasteiger partial charge in [0.2, 0.25) is 0 Å². The molecule has 0 spiro atoms. The lowest BCUT2D eigenvalue weighted by Crippen LogP contribution is -2.01. The van der Waals surface area contributed by atoms with Crippen molar-refractivity contribution in [1.82, 2.24) is 0 Å². The molecule has 0 aliphatic rings. The van der Waals surface area contributed by atoms with Gasteiger partial charge in [-0.2, -0.15) is 0 Å². The van der Waals surface area contributed by atoms with Crippen LogP contribution in [0.1, 0.15) is 91.4 Å². The largest absolute Gasteiger partial charge is 0.324 e. The van der Waals surface area contributed by atoms with E-state index in [1.54, 1.807) is 0 Å². The third kappa shape index (κ3) is 11.7. The molecule has 0 unspecified atom stereocenters. The van der Waals surface area contributed by atoms with Gasteiger partial charge in [0.1, 0.15) is 0 Å². The van der Waals surface area contributed by atoms with Gasteiger partial charge in [0.15, 0.2) is 0 Å². The maximum atomic E-state index is 13.0. The molecule has 0 heterocycles. The molecule has 0 aliphatic heterocycles. The van der Waals surface area contributed by atoms with Crippen molar-refractivity contribution in [3.05, 3.63) is 0 Å². The molecule has 0 aromatic carbocycles. The van der Waals surface area contributed by atoms with Gasteiger partial charge in [0.05, 0.1) is 7.14 Å². The second-order valence-electron chi connectivity index (χ2n) is 6.06. The molecule has 0 N–H and O–H groups in total. The van der Waals surface area contributed by atoms with E-state index >= 15 is 0 Å². The average Bonchev–Trinajstić information content (AvgIpc) is 2.39. The Morgan fingerprint density at radius 1 is 0.526 bits per heavy atom. The minimum Gasteiger partial charge on any atom is -0.324 e. The van der Waals surface area contributed by atoms with Crippen molar-refractivity contribution in [2.75, 3.05) is 18.5 Å². The molecule has 0 bridgehead atoms. The molecule has 0 saturated heterocycles. The molecule has 2 heteroatoms. The molecule has 0 aliphatic carbocycles. The fourth-order valence-corrected chi connectivity index (χ4v) is 5.71. The highest BCUT2D eigenvalue weighted by atomic mass is 31.2. The maximum Gasteiger partial charge on any atom is 0.0877 e. The van der Waals surface area contributed by atoms with Crippen LogP contribution in [0.25, 0.3) is 0 Å². The lowest BCUT2D eigenvalue weighted by molar-refractivity contribution is 0.562. The zero-order chi connectivity index (χ0) is 14.4. The predicted octanol–water partition coefficient (Wildman–Crippen LogP) is 6.70. The Kier molecular flexibility index (Phi) is 13.4. The van der Waals surface area contributed by atoms with Crippen molar-refractivity contribution in [2.24, 2.45) is 0 Å². The summed E-state index contributed by atoms with van der Waals surface area (Å²) < 4.78 is 13.0. The molecule has 0 saturated carbocycles. The molecular weight excluding hydrogens is 251 g/mol. The Labute approximate surface area is 122 Å². The van der Waals surface area contributed by atoms with Gasteiger partial charge in [-0.25, -0.2) is 0 Å². The Bertz CT molecular complexity index is 211. The Hall–Kier alpha value is 0.230. The number of rotatable bonds is 14. The van der Waals surface area contributed by atoms with Gasteiger partial charge in [-0.3, -0.25) is 0 Å². The van der Waals surface area contributed by atoms with Gasteiger partial charge in [-0.1, -0.05) is 72.1 Å². The summed E-state index contributed by atoms with van der Waals surface area (Å²) in [6, 6.07) is 0. The minimum atomic E-state index is -1.83. The highest BCUT2D eigenvalue weighted by Gasteiger charge is 2.20. The predicted molar refractivity (Wildman–Crippen MR) is 90.0 cm³/mol. The molecule has 19 heavy (non-hydrogen) atoms. The van der Waals surface area contributed by atoms with E-state index in [0.717, 1.165) is 18.5 Å². The first-order valence-electron chi connectivity index (χ1n) is 8.75. The van der Waals surface area contributed by atoms with Gasteiger partial charge < -0.3 is 4.57 Å². The van der Waals surface area contributed by atoms with Crippen molar-refractivity contribution in [3.63, 3.8) is 0 Å². The topological polar surface area (TPSA) is 17.1 Å². The van der Waals surface area contributed by atoms with E-state index in [2.05, 4.69) is 20.8 Å². The van der Waals surface area contributed by atoms with Gasteiger partial charge in [0.25, 0.3) is 0 Å². The number of hydrogen-bond donors (Lipinski definition) is 0. The van der Waals surface area contributed by atoms with Crippen LogP contribution in [0.15, 0.2) is 0 Å². The van der Waals surface area contributed by atoms with E-state index in [0.29, 0.717) is 0 Å². The maximum absolute atomic E-state index is 13.0. The summed E-state index contributed by atoms with van der Waals surface area (Å²) in [5.74, 6) is 0. The molecule has 0 atom stereocenters. The van der Waals surface area contributed by atoms with E-state index in [1.807, 2.05) is 0 Å². The monoisotopic (exact) mass is 288 g/mol. The first-order valence-corrected chi connectivity index (χ1v) is 11.0. The fourth-order valence-electron chi connectivity index (χ4n) is 2.64. The van der Waals surface area contributed by atoms with Crippen LogP contribution >= 0.6 is 7.14 Å². The summed E-state index contributed by atoms with van der Waals surface area (Å²) in [5, 5.41) is 0. The number of unbranched alkanes of at least 4 members (excludes halogenated alkanes) is 8. The molecule has 0 radical (unpaired) electrons. The minimum absolute atomic E-state index is 1.03. The zero-order valence-corrected chi connectivity index (χ0v) is 14.6. The molecule has 0 aromatic rings. The SMILES string of the molecule is CCCCCCCP(=O)(CCCCC)CCCCC. The smallest absolute Gasteiger partial charge is 0.0877 e. The molecule has 0 fully saturated rings. The van der Waals surface area contributed by atoms with Crippen molar-refractivity contribution < 1.29 is 4.57 Å². The fraction of sp³-hybridized carbons (Fsp3) is 1.00. The van der Waals surface area contributed by atoms with Crippen molar-refractivity contribution >= 4 is 7.14 Å². The summed E-state index contributed by atoms with van der Waals surface area (Å²) >= 11 is 0. The van der Waals surface area contributed by atoms with E-state index in [4.69, 9.17) is 0 Å². The number of hydrogen-bond acceptors (Lipinski definition) is 1. The Balaban J connectivity index is 3.97. The highest BCUT2D eigenvalue weighted by molar-refractivity contribution is 7.63. The summed E-state index contributed by atoms with van der Waals surface area (Å²) in [5.41, 5.74) is 0. The molecule has 116 valence electrons. The third-order valence-electron chi connectivity index (χ3n) is 4.01. The van der Waals surface area contributed by atoms with Gasteiger partial charge in [-0.05, 0) is 19.3 Å². The lowest BCUT2D eigenvalue weighted by atomic mass is 10.2. The first-order chi connectivity index (χ1) is 9.18. The van der Waals surface area contributed by atoms with E-state index in [-0.39, 0.29) is 0 Å². The van der Waals surface area contributed by atoms with Gasteiger partial charge in [-0.15, -0.1) is 0 Å². The van der Waals surface area contributed by atoms with Crippen LogP contribution in [0.3, 0.4) is 0 Å². The Morgan fingerprint density at radius 2 is 0.842 bits per heavy atom. The summed E-state index contributed by atoms with van der Waals surface area (Å²) in [6.07, 6.45) is 16.9. The quantitative estimate of drug-likeness (QED) is 0.257. The normalized spacial score (nSPS) is 11.9. The van der Waals surface area contributed by atoms with E-state index in [9.17, 15) is 4.57 Å². The summed E-state index contributed by atoms with van der Waals surface area (Å²) in [4.78, 5) is 0. The van der Waals surface area contributed by atoms with Gasteiger partial charge >= 0.3 is 0 Å². The van der Waals surface area contributed by atoms with Crippen LogP contribution in [0, 0.1) is 0 Å². The van der Waals surface area contributed by atoms with Crippen LogP contribution in [-0.2, 0) is 4.57 Å². The van der Waals surface area contributed by atoms with Crippen molar-refractivity contribution in [1.29, 1.82) is 0 Å². The summed E-state index contributed by atoms with van der Waals surface area (Å²) in [6.45, 7) is 6.71. The third-order valence-corrected chi connectivity index (χ3v) is 7.40. The first kappa shape index (κ1) is 19.2. The van der Waals surface area contributed by atoms with Crippen LogP contribution in [0.4, 0.5) is 0 Å². The highest BCUT2D eigenvalue weighted by Crippen LogP contribution is 2.48. The van der Waals surface area contributed by atoms with Crippen LogP contribution in [-0.4, -0.2) is 18.5 Å². The summed E-state index contributed by atoms with van der Waals surface area (Å²) in [7, 11) is -1.83. The Morgan fingerprint density at radius 3 is 1.26 bits per heavy atom. The van der Waals surface area contributed by atoms with Crippen LogP contribution in [0.5, 0.6) is 0 Å². The van der Waals surface area contributed by atoms with Crippen molar-refractivity contribution in [3.8, 4) is 0 Å². The van der Waals surface area contributed by atoms with Crippen LogP contribution < -0.4 is 0 Å². The van der Waals surface area contributed by atoms with Crippen molar-refractivity contribution in [2.45, 2.75) is 91.4 Å². The average molecular weight is 288 g/mol. The molecule has 1 nitrogen and oxygen atoms in total. The standard InChI is InChI=1S/C17H37OP/c1-4-7-10-11-14-17-19(18,15-12-8-5-2)16-13-9-6-3/h4-17H2,1-3H3.